The van der Waals surface area contributed by atoms with Gasteiger partial charge in [-0.2, -0.15) is 0 Å². The lowest BCUT2D eigenvalue weighted by Gasteiger charge is -2.24. The van der Waals surface area contributed by atoms with Crippen LogP contribution in [-0.4, -0.2) is 32.2 Å². The largest absolute Gasteiger partial charge is 0.493 e. The number of carbonyl (C=O) groups is 1. The van der Waals surface area contributed by atoms with Crippen LogP contribution in [0.4, 0.5) is 5.13 Å². The molecule has 1 aliphatic rings. The summed E-state index contributed by atoms with van der Waals surface area (Å²) in [4.78, 5) is 33.5. The quantitative estimate of drug-likeness (QED) is 0.413. The third-order valence-corrected chi connectivity index (χ3v) is 6.80. The molecule has 1 atom stereocenters. The van der Waals surface area contributed by atoms with Crippen LogP contribution in [0, 0.1) is 13.8 Å². The maximum absolute atomic E-state index is 13.8. The van der Waals surface area contributed by atoms with E-state index in [1.165, 1.54) is 37.6 Å². The zero-order valence-corrected chi connectivity index (χ0v) is 20.1. The van der Waals surface area contributed by atoms with E-state index in [2.05, 4.69) is 4.98 Å². The van der Waals surface area contributed by atoms with Gasteiger partial charge in [-0.05, 0) is 43.7 Å². The number of anilines is 1. The predicted octanol–water partition coefficient (Wildman–Crippen LogP) is 4.64. The van der Waals surface area contributed by atoms with Gasteiger partial charge in [0.15, 0.2) is 22.1 Å². The number of methoxy groups -OCH3 is 3. The Kier molecular flexibility index (Phi) is 5.28. The minimum atomic E-state index is -0.789. The van der Waals surface area contributed by atoms with Gasteiger partial charge in [0.1, 0.15) is 5.58 Å². The monoisotopic (exact) mass is 478 g/mol. The molecule has 9 heteroatoms. The number of fused-ring (bicyclic) bond motifs is 2. The number of carbonyl (C=O) groups excluding carboxylic acids is 1. The summed E-state index contributed by atoms with van der Waals surface area (Å²) in [5.41, 5.74) is 2.65. The number of hydrogen-bond donors (Lipinski definition) is 0. The van der Waals surface area contributed by atoms with E-state index in [0.29, 0.717) is 38.9 Å². The molecule has 0 saturated carbocycles. The van der Waals surface area contributed by atoms with E-state index in [-0.39, 0.29) is 16.8 Å². The highest BCUT2D eigenvalue weighted by Crippen LogP contribution is 2.46. The van der Waals surface area contributed by atoms with E-state index in [1.54, 1.807) is 24.3 Å². The molecule has 1 aliphatic heterocycles. The summed E-state index contributed by atoms with van der Waals surface area (Å²) in [7, 11) is 4.55. The highest BCUT2D eigenvalue weighted by Gasteiger charge is 2.45. The average Bonchev–Trinajstić information content (AvgIpc) is 3.39. The molecule has 0 unspecified atom stereocenters. The fourth-order valence-electron chi connectivity index (χ4n) is 4.31. The molecule has 0 bridgehead atoms. The molecule has 2 aromatic heterocycles. The first-order valence-corrected chi connectivity index (χ1v) is 11.4. The molecule has 1 amide bonds. The van der Waals surface area contributed by atoms with Crippen molar-refractivity contribution in [3.8, 4) is 17.2 Å². The minimum absolute atomic E-state index is 0.00737. The first-order chi connectivity index (χ1) is 16.4. The van der Waals surface area contributed by atoms with Gasteiger partial charge in [0, 0.05) is 5.38 Å². The van der Waals surface area contributed by atoms with Crippen molar-refractivity contribution in [1.82, 2.24) is 4.98 Å². The van der Waals surface area contributed by atoms with Crippen LogP contribution in [0.3, 0.4) is 0 Å². The number of benzene rings is 2. The second kappa shape index (κ2) is 8.18. The molecule has 2 aromatic carbocycles. The number of nitrogens with zero attached hydrogens (tertiary/aromatic N) is 2. The lowest BCUT2D eigenvalue weighted by molar-refractivity contribution is 0.0971. The van der Waals surface area contributed by atoms with Gasteiger partial charge < -0.3 is 18.6 Å². The number of aromatic nitrogens is 1. The van der Waals surface area contributed by atoms with Gasteiger partial charge in [-0.25, -0.2) is 4.98 Å². The molecular formula is C25H22N2O6S. The molecule has 0 aliphatic carbocycles. The van der Waals surface area contributed by atoms with Crippen LogP contribution < -0.4 is 24.5 Å². The van der Waals surface area contributed by atoms with Crippen molar-refractivity contribution in [3.05, 3.63) is 74.1 Å². The standard InChI is InChI=1S/C25H22N2O6S/c1-12-6-7-16-15(8-12)21(28)19-20(14-9-17(30-3)22(32-5)18(10-14)31-4)27(24(29)23(19)33-16)25-26-13(2)11-34-25/h6-11,20H,1-5H3/t20-/m0/s1. The second-order valence-electron chi connectivity index (χ2n) is 7.98. The van der Waals surface area contributed by atoms with Crippen LogP contribution >= 0.6 is 11.3 Å². The van der Waals surface area contributed by atoms with Gasteiger partial charge in [-0.1, -0.05) is 11.6 Å². The second-order valence-corrected chi connectivity index (χ2v) is 8.82. The number of rotatable bonds is 5. The topological polar surface area (TPSA) is 91.1 Å². The Hall–Kier alpha value is -3.85. The Balaban J connectivity index is 1.84. The fourth-order valence-corrected chi connectivity index (χ4v) is 5.14. The first kappa shape index (κ1) is 22.0. The molecule has 0 spiro atoms. The smallest absolute Gasteiger partial charge is 0.297 e. The normalized spacial score (nSPS) is 15.0. The lowest BCUT2D eigenvalue weighted by atomic mass is 9.97. The van der Waals surface area contributed by atoms with Crippen molar-refractivity contribution >= 4 is 33.3 Å². The van der Waals surface area contributed by atoms with Crippen LogP contribution in [-0.2, 0) is 0 Å². The van der Waals surface area contributed by atoms with E-state index in [4.69, 9.17) is 18.6 Å². The van der Waals surface area contributed by atoms with E-state index in [1.807, 2.05) is 25.3 Å². The van der Waals surface area contributed by atoms with Gasteiger partial charge in [-0.15, -0.1) is 11.3 Å². The number of hydrogen-bond acceptors (Lipinski definition) is 8. The average molecular weight is 479 g/mol. The van der Waals surface area contributed by atoms with Crippen molar-refractivity contribution in [3.63, 3.8) is 0 Å². The lowest BCUT2D eigenvalue weighted by Crippen LogP contribution is -2.29. The third-order valence-electron chi connectivity index (χ3n) is 5.84. The fraction of sp³-hybridized carbons (Fsp3) is 0.240. The zero-order valence-electron chi connectivity index (χ0n) is 19.3. The van der Waals surface area contributed by atoms with Crippen molar-refractivity contribution in [1.29, 1.82) is 0 Å². The Labute approximate surface area is 199 Å². The van der Waals surface area contributed by atoms with Gasteiger partial charge in [0.05, 0.1) is 44.0 Å². The molecule has 0 fully saturated rings. The van der Waals surface area contributed by atoms with Gasteiger partial charge in [0.2, 0.25) is 11.5 Å². The van der Waals surface area contributed by atoms with Gasteiger partial charge >= 0.3 is 0 Å². The highest BCUT2D eigenvalue weighted by atomic mass is 32.1. The summed E-state index contributed by atoms with van der Waals surface area (Å²) < 4.78 is 22.5. The van der Waals surface area contributed by atoms with Crippen LogP contribution in [0.2, 0.25) is 0 Å². The molecule has 0 radical (unpaired) electrons. The Bertz CT molecular complexity index is 1480. The summed E-state index contributed by atoms with van der Waals surface area (Å²) in [6, 6.07) is 8.01. The van der Waals surface area contributed by atoms with Crippen LogP contribution in [0.25, 0.3) is 11.0 Å². The van der Waals surface area contributed by atoms with Gasteiger partial charge in [-0.3, -0.25) is 14.5 Å². The molecule has 8 nitrogen and oxygen atoms in total. The SMILES string of the molecule is COc1cc([C@H]2c3c(oc4ccc(C)cc4c3=O)C(=O)N2c2nc(C)cs2)cc(OC)c1OC. The molecule has 3 heterocycles. The van der Waals surface area contributed by atoms with Gasteiger partial charge in [0.25, 0.3) is 5.91 Å². The summed E-state index contributed by atoms with van der Waals surface area (Å²) in [5.74, 6) is 0.815. The van der Waals surface area contributed by atoms with E-state index < -0.39 is 11.9 Å². The third kappa shape index (κ3) is 3.23. The Morgan fingerprint density at radius 1 is 1.00 bits per heavy atom. The Morgan fingerprint density at radius 3 is 2.29 bits per heavy atom. The van der Waals surface area contributed by atoms with E-state index in [0.717, 1.165) is 11.3 Å². The molecule has 5 rings (SSSR count). The maximum Gasteiger partial charge on any atom is 0.297 e. The minimum Gasteiger partial charge on any atom is -0.493 e. The van der Waals surface area contributed by atoms with Crippen molar-refractivity contribution in [2.75, 3.05) is 26.2 Å². The first-order valence-electron chi connectivity index (χ1n) is 10.5. The molecule has 34 heavy (non-hydrogen) atoms. The zero-order chi connectivity index (χ0) is 24.1. The number of ether oxygens (including phenoxy) is 3. The van der Waals surface area contributed by atoms with Crippen molar-refractivity contribution in [2.24, 2.45) is 0 Å². The Morgan fingerprint density at radius 2 is 1.71 bits per heavy atom. The molecular weight excluding hydrogens is 456 g/mol. The van der Waals surface area contributed by atoms with E-state index >= 15 is 0 Å². The molecule has 0 N–H and O–H groups in total. The highest BCUT2D eigenvalue weighted by molar-refractivity contribution is 7.14. The number of aryl methyl sites for hydroxylation is 2. The number of thiazole rings is 1. The van der Waals surface area contributed by atoms with E-state index in [9.17, 15) is 9.59 Å². The summed E-state index contributed by atoms with van der Waals surface area (Å²) in [5, 5.41) is 2.74. The van der Waals surface area contributed by atoms with Crippen LogP contribution in [0.15, 0.2) is 44.9 Å². The van der Waals surface area contributed by atoms with Crippen molar-refractivity contribution < 1.29 is 23.4 Å². The molecule has 0 saturated heterocycles. The summed E-state index contributed by atoms with van der Waals surface area (Å²) in [6.07, 6.45) is 0. The molecule has 174 valence electrons. The summed E-state index contributed by atoms with van der Waals surface area (Å²) in [6.45, 7) is 3.75. The maximum atomic E-state index is 13.8. The van der Waals surface area contributed by atoms with Crippen molar-refractivity contribution in [2.45, 2.75) is 19.9 Å². The molecule has 4 aromatic rings. The van der Waals surface area contributed by atoms with Crippen LogP contribution in [0.5, 0.6) is 17.2 Å². The summed E-state index contributed by atoms with van der Waals surface area (Å²) >= 11 is 1.32. The van der Waals surface area contributed by atoms with Crippen LogP contribution in [0.1, 0.15) is 39.0 Å². The number of amides is 1. The predicted molar refractivity (Wildman–Crippen MR) is 129 cm³/mol.